The fraction of sp³-hybridized carbons (Fsp3) is 0.242. The second-order valence-corrected chi connectivity index (χ2v) is 10.7. The van der Waals surface area contributed by atoms with Crippen molar-refractivity contribution in [1.82, 2.24) is 30.2 Å². The molecule has 224 valence electrons. The van der Waals surface area contributed by atoms with E-state index in [0.717, 1.165) is 46.3 Å². The topological polar surface area (TPSA) is 140 Å². The lowest BCUT2D eigenvalue weighted by atomic mass is 9.95. The van der Waals surface area contributed by atoms with Gasteiger partial charge in [0.05, 0.1) is 22.9 Å². The van der Waals surface area contributed by atoms with Crippen molar-refractivity contribution in [3.8, 4) is 28.6 Å². The van der Waals surface area contributed by atoms with Crippen molar-refractivity contribution < 1.29 is 9.90 Å². The van der Waals surface area contributed by atoms with Gasteiger partial charge in [-0.1, -0.05) is 54.9 Å². The van der Waals surface area contributed by atoms with Crippen LogP contribution < -0.4 is 16.0 Å². The van der Waals surface area contributed by atoms with E-state index in [1.165, 1.54) is 0 Å². The number of hydrogen-bond donors (Lipinski definition) is 4. The van der Waals surface area contributed by atoms with E-state index in [9.17, 15) is 10.1 Å². The minimum Gasteiger partial charge on any atom is -0.395 e. The smallest absolute Gasteiger partial charge is 0.274 e. The highest BCUT2D eigenvalue weighted by molar-refractivity contribution is 6.36. The normalized spacial score (nSPS) is 11.1. The van der Waals surface area contributed by atoms with E-state index >= 15 is 0 Å². The van der Waals surface area contributed by atoms with Crippen LogP contribution in [0.15, 0.2) is 67.0 Å². The lowest BCUT2D eigenvalue weighted by molar-refractivity contribution is 0.102. The summed E-state index contributed by atoms with van der Waals surface area (Å²) >= 11 is 6.87. The van der Waals surface area contributed by atoms with Gasteiger partial charge in [-0.05, 0) is 60.3 Å². The van der Waals surface area contributed by atoms with Gasteiger partial charge in [-0.3, -0.25) is 9.78 Å². The van der Waals surface area contributed by atoms with Crippen LogP contribution >= 0.6 is 11.6 Å². The zero-order valence-corrected chi connectivity index (χ0v) is 25.3. The van der Waals surface area contributed by atoms with Crippen molar-refractivity contribution >= 4 is 28.8 Å². The molecule has 0 radical (unpaired) electrons. The second-order valence-electron chi connectivity index (χ2n) is 10.3. The fourth-order valence-electron chi connectivity index (χ4n) is 4.91. The summed E-state index contributed by atoms with van der Waals surface area (Å²) in [6.07, 6.45) is 4.55. The maximum Gasteiger partial charge on any atom is 0.274 e. The Labute approximate surface area is 260 Å². The van der Waals surface area contributed by atoms with Crippen LogP contribution in [0.3, 0.4) is 0 Å². The van der Waals surface area contributed by atoms with Gasteiger partial charge in [0.1, 0.15) is 11.8 Å². The van der Waals surface area contributed by atoms with Crippen molar-refractivity contribution in [1.29, 1.82) is 5.26 Å². The summed E-state index contributed by atoms with van der Waals surface area (Å²) in [7, 11) is 0. The average Bonchev–Trinajstić information content (AvgIpc) is 3.46. The van der Waals surface area contributed by atoms with Crippen LogP contribution in [-0.2, 0) is 13.1 Å². The number of nitrogens with one attached hydrogen (secondary N) is 3. The van der Waals surface area contributed by atoms with Crippen LogP contribution in [0.5, 0.6) is 0 Å². The molecular formula is C33H33ClN8O2. The fourth-order valence-corrected chi connectivity index (χ4v) is 5.19. The number of aliphatic hydroxyl groups excluding tert-OH is 1. The van der Waals surface area contributed by atoms with Gasteiger partial charge < -0.3 is 21.1 Å². The van der Waals surface area contributed by atoms with Gasteiger partial charge in [-0.2, -0.15) is 5.26 Å². The van der Waals surface area contributed by atoms with Crippen LogP contribution in [0.25, 0.3) is 28.2 Å². The quantitative estimate of drug-likeness (QED) is 0.143. The standard InChI is InChI=1S/C33H33ClN8O2/c1-3-12-36-18-23-15-24(16-35)32-40-31(41-42(32)20-23)26-7-4-6-25(21(26)2)27-8-5-9-28(30(27)34)39-33(44)29-11-10-22(19-38-29)17-37-13-14-43/h4-11,15,19-20,36-37,43H,3,12-14,17-18H2,1-2H3,(H,39,44). The molecule has 0 unspecified atom stereocenters. The number of halogens is 1. The van der Waals surface area contributed by atoms with Crippen molar-refractivity contribution in [2.75, 3.05) is 25.0 Å². The molecule has 5 aromatic rings. The van der Waals surface area contributed by atoms with E-state index in [4.69, 9.17) is 26.8 Å². The van der Waals surface area contributed by atoms with E-state index in [-0.39, 0.29) is 18.2 Å². The molecule has 44 heavy (non-hydrogen) atoms. The van der Waals surface area contributed by atoms with E-state index in [1.54, 1.807) is 22.8 Å². The Kier molecular flexibility index (Phi) is 9.94. The number of aliphatic hydroxyl groups is 1. The summed E-state index contributed by atoms with van der Waals surface area (Å²) in [4.78, 5) is 22.0. The molecule has 0 spiro atoms. The second kappa shape index (κ2) is 14.2. The molecule has 0 bridgehead atoms. The van der Waals surface area contributed by atoms with Crippen LogP contribution in [0.2, 0.25) is 5.02 Å². The maximum absolute atomic E-state index is 13.0. The van der Waals surface area contributed by atoms with E-state index in [1.807, 2.05) is 55.6 Å². The van der Waals surface area contributed by atoms with Gasteiger partial charge in [0.2, 0.25) is 0 Å². The summed E-state index contributed by atoms with van der Waals surface area (Å²) in [5.41, 5.74) is 6.86. The van der Waals surface area contributed by atoms with Crippen LogP contribution in [0.1, 0.15) is 46.1 Å². The first kappa shape index (κ1) is 30.8. The van der Waals surface area contributed by atoms with Crippen molar-refractivity contribution in [3.63, 3.8) is 0 Å². The molecule has 0 aliphatic heterocycles. The molecule has 0 aliphatic rings. The Morgan fingerprint density at radius 3 is 2.52 bits per heavy atom. The van der Waals surface area contributed by atoms with Crippen molar-refractivity contribution in [2.24, 2.45) is 0 Å². The summed E-state index contributed by atoms with van der Waals surface area (Å²) in [5.74, 6) is 0.122. The molecule has 0 saturated carbocycles. The Morgan fingerprint density at radius 2 is 1.77 bits per heavy atom. The number of nitrogens with zero attached hydrogens (tertiary/aromatic N) is 5. The SMILES string of the molecule is CCCNCc1cc(C#N)c2nc(-c3cccc(-c4cccc(NC(=O)c5ccc(CNCCO)cn5)c4Cl)c3C)nn2c1. The summed E-state index contributed by atoms with van der Waals surface area (Å²) in [5, 5.41) is 33.2. The summed E-state index contributed by atoms with van der Waals surface area (Å²) in [6, 6.07) is 18.9. The first-order chi connectivity index (χ1) is 21.4. The minimum absolute atomic E-state index is 0.0519. The zero-order valence-electron chi connectivity index (χ0n) is 24.6. The van der Waals surface area contributed by atoms with Gasteiger partial charge in [-0.25, -0.2) is 9.50 Å². The number of amides is 1. The van der Waals surface area contributed by atoms with Gasteiger partial charge >= 0.3 is 0 Å². The highest BCUT2D eigenvalue weighted by atomic mass is 35.5. The number of pyridine rings is 2. The average molecular weight is 609 g/mol. The van der Waals surface area contributed by atoms with Crippen molar-refractivity contribution in [3.05, 3.63) is 100.0 Å². The number of carbonyl (C=O) groups is 1. The number of benzene rings is 2. The zero-order chi connectivity index (χ0) is 31.1. The van der Waals surface area contributed by atoms with Crippen molar-refractivity contribution in [2.45, 2.75) is 33.4 Å². The highest BCUT2D eigenvalue weighted by Gasteiger charge is 2.18. The number of aromatic nitrogens is 4. The van der Waals surface area contributed by atoms with E-state index in [2.05, 4.69) is 33.9 Å². The number of fused-ring (bicyclic) bond motifs is 1. The first-order valence-corrected chi connectivity index (χ1v) is 14.8. The molecule has 1 amide bonds. The summed E-state index contributed by atoms with van der Waals surface area (Å²) < 4.78 is 1.66. The molecule has 0 fully saturated rings. The third-order valence-corrected chi connectivity index (χ3v) is 7.56. The maximum atomic E-state index is 13.0. The predicted molar refractivity (Wildman–Crippen MR) is 171 cm³/mol. The molecule has 10 nitrogen and oxygen atoms in total. The lowest BCUT2D eigenvalue weighted by Gasteiger charge is -2.14. The highest BCUT2D eigenvalue weighted by Crippen LogP contribution is 2.38. The Morgan fingerprint density at radius 1 is 1.02 bits per heavy atom. The van der Waals surface area contributed by atoms with Gasteiger partial charge in [0, 0.05) is 43.2 Å². The van der Waals surface area contributed by atoms with Crippen LogP contribution in [-0.4, -0.2) is 50.3 Å². The van der Waals surface area contributed by atoms with E-state index < -0.39 is 0 Å². The number of hydrogen-bond acceptors (Lipinski definition) is 8. The summed E-state index contributed by atoms with van der Waals surface area (Å²) in [6.45, 7) is 6.68. The largest absolute Gasteiger partial charge is 0.395 e. The van der Waals surface area contributed by atoms with E-state index in [0.29, 0.717) is 47.4 Å². The minimum atomic E-state index is -0.379. The number of nitriles is 1. The number of anilines is 1. The number of carbonyl (C=O) groups excluding carboxylic acids is 1. The third kappa shape index (κ3) is 6.77. The Balaban J connectivity index is 1.41. The molecule has 0 aliphatic carbocycles. The van der Waals surface area contributed by atoms with Crippen LogP contribution in [0.4, 0.5) is 5.69 Å². The van der Waals surface area contributed by atoms with Gasteiger partial charge in [0.25, 0.3) is 5.91 Å². The van der Waals surface area contributed by atoms with Crippen LogP contribution in [0, 0.1) is 18.3 Å². The molecule has 4 N–H and O–H groups in total. The molecule has 11 heteroatoms. The third-order valence-electron chi connectivity index (χ3n) is 7.15. The Bertz CT molecular complexity index is 1830. The monoisotopic (exact) mass is 608 g/mol. The molecule has 0 saturated heterocycles. The molecule has 3 aromatic heterocycles. The Hall–Kier alpha value is -4.66. The molecule has 5 rings (SSSR count). The molecule has 3 heterocycles. The number of rotatable bonds is 12. The first-order valence-electron chi connectivity index (χ1n) is 14.4. The predicted octanol–water partition coefficient (Wildman–Crippen LogP) is 5.13. The van der Waals surface area contributed by atoms with Gasteiger partial charge in [0.15, 0.2) is 11.5 Å². The van der Waals surface area contributed by atoms with Gasteiger partial charge in [-0.15, -0.1) is 5.10 Å². The lowest BCUT2D eigenvalue weighted by Crippen LogP contribution is -2.18. The molecule has 0 atom stereocenters. The molecular weight excluding hydrogens is 576 g/mol. The molecule has 2 aromatic carbocycles.